The lowest BCUT2D eigenvalue weighted by atomic mass is 10.0. The third-order valence-electron chi connectivity index (χ3n) is 2.94. The molecule has 0 heterocycles. The van der Waals surface area contributed by atoms with Gasteiger partial charge in [-0.05, 0) is 42.3 Å². The molecule has 1 unspecified atom stereocenters. The lowest BCUT2D eigenvalue weighted by molar-refractivity contribution is 0.414. The van der Waals surface area contributed by atoms with E-state index >= 15 is 0 Å². The average Bonchev–Trinajstić information content (AvgIpc) is 2.42. The molecular weight excluding hydrogens is 270 g/mol. The van der Waals surface area contributed by atoms with Crippen LogP contribution in [-0.4, -0.2) is 7.11 Å². The highest BCUT2D eigenvalue weighted by atomic mass is 35.5. The van der Waals surface area contributed by atoms with E-state index in [1.807, 2.05) is 0 Å². The molecule has 0 fully saturated rings. The first-order valence-corrected chi connectivity index (χ1v) is 6.20. The van der Waals surface area contributed by atoms with Crippen molar-refractivity contribution in [1.82, 2.24) is 0 Å². The molecule has 1 atom stereocenters. The van der Waals surface area contributed by atoms with Gasteiger partial charge in [-0.1, -0.05) is 12.1 Å². The Morgan fingerprint density at radius 3 is 2.53 bits per heavy atom. The molecule has 19 heavy (non-hydrogen) atoms. The topological polar surface area (TPSA) is 9.23 Å². The summed E-state index contributed by atoms with van der Waals surface area (Å²) in [6, 6.07) is 9.26. The summed E-state index contributed by atoms with van der Waals surface area (Å²) in [6.45, 7) is 1.51. The summed E-state index contributed by atoms with van der Waals surface area (Å²) in [6.07, 6.45) is 0. The number of aryl methyl sites for hydroxylation is 1. The summed E-state index contributed by atoms with van der Waals surface area (Å²) in [5.41, 5.74) is 1.04. The molecule has 0 aliphatic carbocycles. The fourth-order valence-electron chi connectivity index (χ4n) is 1.83. The van der Waals surface area contributed by atoms with Crippen LogP contribution in [0.1, 0.15) is 22.1 Å². The van der Waals surface area contributed by atoms with Crippen molar-refractivity contribution in [2.75, 3.05) is 7.11 Å². The Kier molecular flexibility index (Phi) is 4.05. The first-order valence-electron chi connectivity index (χ1n) is 5.76. The van der Waals surface area contributed by atoms with Crippen molar-refractivity contribution >= 4 is 11.6 Å². The van der Waals surface area contributed by atoms with E-state index in [4.69, 9.17) is 16.3 Å². The fourth-order valence-corrected chi connectivity index (χ4v) is 2.14. The van der Waals surface area contributed by atoms with Crippen LogP contribution < -0.4 is 4.74 Å². The van der Waals surface area contributed by atoms with E-state index in [-0.39, 0.29) is 11.1 Å². The number of hydrogen-bond donors (Lipinski definition) is 0. The second kappa shape index (κ2) is 5.57. The van der Waals surface area contributed by atoms with Gasteiger partial charge in [0.1, 0.15) is 17.4 Å². The number of rotatable bonds is 3. The van der Waals surface area contributed by atoms with Crippen LogP contribution in [0.15, 0.2) is 36.4 Å². The molecule has 0 saturated heterocycles. The van der Waals surface area contributed by atoms with Crippen molar-refractivity contribution < 1.29 is 13.5 Å². The third kappa shape index (κ3) is 2.87. The number of ether oxygens (including phenoxy) is 1. The minimum atomic E-state index is -0.759. The van der Waals surface area contributed by atoms with Gasteiger partial charge in [0.25, 0.3) is 0 Å². The summed E-state index contributed by atoms with van der Waals surface area (Å²) in [4.78, 5) is 0. The van der Waals surface area contributed by atoms with Crippen LogP contribution in [0.5, 0.6) is 5.75 Å². The molecule has 2 aromatic carbocycles. The summed E-state index contributed by atoms with van der Waals surface area (Å²) < 4.78 is 32.5. The van der Waals surface area contributed by atoms with E-state index in [0.29, 0.717) is 11.3 Å². The number of benzene rings is 2. The molecule has 2 rings (SSSR count). The monoisotopic (exact) mass is 282 g/mol. The minimum absolute atomic E-state index is 0.123. The van der Waals surface area contributed by atoms with Gasteiger partial charge in [0.15, 0.2) is 0 Å². The van der Waals surface area contributed by atoms with Gasteiger partial charge in [-0.2, -0.15) is 0 Å². The lowest BCUT2D eigenvalue weighted by Crippen LogP contribution is -2.00. The van der Waals surface area contributed by atoms with Gasteiger partial charge in [0.05, 0.1) is 12.5 Å². The van der Waals surface area contributed by atoms with Gasteiger partial charge >= 0.3 is 0 Å². The maximum absolute atomic E-state index is 13.9. The molecular formula is C15H13ClF2O. The van der Waals surface area contributed by atoms with Crippen LogP contribution in [-0.2, 0) is 0 Å². The largest absolute Gasteiger partial charge is 0.497 e. The molecule has 0 spiro atoms. The zero-order valence-corrected chi connectivity index (χ0v) is 11.3. The maximum atomic E-state index is 13.9. The Hall–Kier alpha value is -1.61. The SMILES string of the molecule is COc1cccc(C(Cl)c2cc(F)c(C)cc2F)c1. The molecule has 1 nitrogen and oxygen atoms in total. The molecule has 0 aliphatic rings. The molecule has 4 heteroatoms. The van der Waals surface area contributed by atoms with E-state index in [2.05, 4.69) is 0 Å². The van der Waals surface area contributed by atoms with Crippen molar-refractivity contribution in [2.45, 2.75) is 12.3 Å². The van der Waals surface area contributed by atoms with Crippen molar-refractivity contribution in [3.05, 3.63) is 64.7 Å². The lowest BCUT2D eigenvalue weighted by Gasteiger charge is -2.13. The van der Waals surface area contributed by atoms with Crippen molar-refractivity contribution in [2.24, 2.45) is 0 Å². The second-order valence-corrected chi connectivity index (χ2v) is 4.70. The molecule has 0 aromatic heterocycles. The van der Waals surface area contributed by atoms with Crippen LogP contribution in [0.3, 0.4) is 0 Å². The summed E-state index contributed by atoms with van der Waals surface area (Å²) in [7, 11) is 1.54. The van der Waals surface area contributed by atoms with Gasteiger partial charge in [-0.15, -0.1) is 11.6 Å². The van der Waals surface area contributed by atoms with Crippen molar-refractivity contribution in [1.29, 1.82) is 0 Å². The third-order valence-corrected chi connectivity index (χ3v) is 3.42. The van der Waals surface area contributed by atoms with E-state index in [0.717, 1.165) is 12.1 Å². The Morgan fingerprint density at radius 1 is 1.11 bits per heavy atom. The van der Waals surface area contributed by atoms with E-state index in [9.17, 15) is 8.78 Å². The molecule has 0 aliphatic heterocycles. The van der Waals surface area contributed by atoms with Gasteiger partial charge in [-0.25, -0.2) is 8.78 Å². The van der Waals surface area contributed by atoms with Crippen LogP contribution >= 0.6 is 11.6 Å². The normalized spacial score (nSPS) is 12.3. The van der Waals surface area contributed by atoms with Crippen LogP contribution in [0.2, 0.25) is 0 Å². The summed E-state index contributed by atoms with van der Waals surface area (Å²) in [5.74, 6) is -0.359. The maximum Gasteiger partial charge on any atom is 0.128 e. The predicted octanol–water partition coefficient (Wildman–Crippen LogP) is 4.61. The van der Waals surface area contributed by atoms with Gasteiger partial charge < -0.3 is 4.74 Å². The Morgan fingerprint density at radius 2 is 1.84 bits per heavy atom. The van der Waals surface area contributed by atoms with Crippen molar-refractivity contribution in [3.8, 4) is 5.75 Å². The van der Waals surface area contributed by atoms with Crippen LogP contribution in [0, 0.1) is 18.6 Å². The highest BCUT2D eigenvalue weighted by molar-refractivity contribution is 6.22. The van der Waals surface area contributed by atoms with Gasteiger partial charge in [-0.3, -0.25) is 0 Å². The first kappa shape index (κ1) is 13.8. The highest BCUT2D eigenvalue weighted by Crippen LogP contribution is 2.33. The number of methoxy groups -OCH3 is 1. The molecule has 0 bridgehead atoms. The van der Waals surface area contributed by atoms with Crippen molar-refractivity contribution in [3.63, 3.8) is 0 Å². The quantitative estimate of drug-likeness (QED) is 0.747. The van der Waals surface area contributed by atoms with E-state index < -0.39 is 17.0 Å². The molecule has 100 valence electrons. The smallest absolute Gasteiger partial charge is 0.128 e. The van der Waals surface area contributed by atoms with Gasteiger partial charge in [0.2, 0.25) is 0 Å². The second-order valence-electron chi connectivity index (χ2n) is 4.26. The van der Waals surface area contributed by atoms with Crippen LogP contribution in [0.4, 0.5) is 8.78 Å². The summed E-state index contributed by atoms with van der Waals surface area (Å²) in [5, 5.41) is -0.759. The average molecular weight is 283 g/mol. The zero-order valence-electron chi connectivity index (χ0n) is 10.6. The highest BCUT2D eigenvalue weighted by Gasteiger charge is 2.17. The molecule has 0 amide bonds. The van der Waals surface area contributed by atoms with E-state index in [1.54, 1.807) is 24.3 Å². The number of hydrogen-bond acceptors (Lipinski definition) is 1. The Bertz CT molecular complexity index is 599. The molecule has 0 saturated carbocycles. The zero-order chi connectivity index (χ0) is 14.0. The molecule has 0 N–H and O–H groups in total. The Balaban J connectivity index is 2.43. The summed E-state index contributed by atoms with van der Waals surface area (Å²) >= 11 is 6.23. The Labute approximate surface area is 115 Å². The number of halogens is 3. The molecule has 2 aromatic rings. The molecule has 0 radical (unpaired) electrons. The predicted molar refractivity (Wildman–Crippen MR) is 71.8 cm³/mol. The minimum Gasteiger partial charge on any atom is -0.497 e. The fraction of sp³-hybridized carbons (Fsp3) is 0.200. The van der Waals surface area contributed by atoms with E-state index in [1.165, 1.54) is 14.0 Å². The van der Waals surface area contributed by atoms with Gasteiger partial charge in [0, 0.05) is 5.56 Å². The number of alkyl halides is 1. The van der Waals surface area contributed by atoms with Crippen LogP contribution in [0.25, 0.3) is 0 Å². The standard InChI is InChI=1S/C15H13ClF2O/c1-9-6-14(18)12(8-13(9)17)15(16)10-4-3-5-11(7-10)19-2/h3-8,15H,1-2H3. The first-order chi connectivity index (χ1) is 9.02.